The van der Waals surface area contributed by atoms with Crippen LogP contribution in [0.1, 0.15) is 11.1 Å². The van der Waals surface area contributed by atoms with Gasteiger partial charge in [0.2, 0.25) is 5.91 Å². The summed E-state index contributed by atoms with van der Waals surface area (Å²) in [6.45, 7) is 1.61. The Bertz CT molecular complexity index is 1090. The lowest BCUT2D eigenvalue weighted by Crippen LogP contribution is -2.28. The number of nitriles is 1. The Morgan fingerprint density at radius 2 is 1.79 bits per heavy atom. The average molecular weight is 373 g/mol. The number of methoxy groups -OCH3 is 1. The van der Waals surface area contributed by atoms with Crippen LogP contribution in [0.15, 0.2) is 65.6 Å². The van der Waals surface area contributed by atoms with Crippen molar-refractivity contribution in [1.82, 2.24) is 4.57 Å². The third-order valence-electron chi connectivity index (χ3n) is 4.30. The van der Waals surface area contributed by atoms with Crippen LogP contribution in [0.5, 0.6) is 5.75 Å². The Balaban J connectivity index is 1.82. The summed E-state index contributed by atoms with van der Waals surface area (Å²) in [4.78, 5) is 24.8. The molecule has 2 aromatic carbocycles. The summed E-state index contributed by atoms with van der Waals surface area (Å²) in [6, 6.07) is 17.9. The largest absolute Gasteiger partial charge is 0.497 e. The zero-order chi connectivity index (χ0) is 20.1. The number of nitrogens with zero attached hydrogens (tertiary/aromatic N) is 2. The van der Waals surface area contributed by atoms with Crippen LogP contribution < -0.4 is 15.6 Å². The lowest BCUT2D eigenvalue weighted by Gasteiger charge is -2.11. The highest BCUT2D eigenvalue weighted by atomic mass is 16.5. The molecule has 6 heteroatoms. The van der Waals surface area contributed by atoms with Crippen LogP contribution in [-0.2, 0) is 11.3 Å². The Morgan fingerprint density at radius 1 is 1.11 bits per heavy atom. The lowest BCUT2D eigenvalue weighted by atomic mass is 10.0. The molecule has 0 radical (unpaired) electrons. The molecule has 1 N–H and O–H groups in total. The maximum absolute atomic E-state index is 12.4. The van der Waals surface area contributed by atoms with Gasteiger partial charge in [0.05, 0.1) is 18.7 Å². The van der Waals surface area contributed by atoms with Crippen molar-refractivity contribution in [3.63, 3.8) is 0 Å². The van der Waals surface area contributed by atoms with Crippen LogP contribution in [0.3, 0.4) is 0 Å². The highest BCUT2D eigenvalue weighted by Gasteiger charge is 2.10. The molecule has 0 aliphatic heterocycles. The molecule has 6 nitrogen and oxygen atoms in total. The molecule has 0 unspecified atom stereocenters. The summed E-state index contributed by atoms with van der Waals surface area (Å²) in [5, 5.41) is 11.7. The van der Waals surface area contributed by atoms with E-state index in [2.05, 4.69) is 11.4 Å². The molecule has 0 atom stereocenters. The standard InChI is InChI=1S/C22H19N3O3/c1-15-11-18(17-5-3-16(12-23)4-6-17)13-25(22(15)27)14-21(26)24-19-7-9-20(28-2)10-8-19/h3-11,13H,14H2,1-2H3,(H,24,26). The number of pyridine rings is 1. The molecular weight excluding hydrogens is 354 g/mol. The van der Waals surface area contributed by atoms with Gasteiger partial charge in [-0.3, -0.25) is 9.59 Å². The SMILES string of the molecule is COc1ccc(NC(=O)Cn2cc(-c3ccc(C#N)cc3)cc(C)c2=O)cc1. The highest BCUT2D eigenvalue weighted by Crippen LogP contribution is 2.20. The van der Waals surface area contributed by atoms with Crippen LogP contribution in [0, 0.1) is 18.3 Å². The van der Waals surface area contributed by atoms with Gasteiger partial charge in [0.1, 0.15) is 12.3 Å². The van der Waals surface area contributed by atoms with Gasteiger partial charge in [-0.25, -0.2) is 0 Å². The lowest BCUT2D eigenvalue weighted by molar-refractivity contribution is -0.116. The van der Waals surface area contributed by atoms with Crippen LogP contribution in [0.2, 0.25) is 0 Å². The minimum atomic E-state index is -0.302. The molecule has 1 aromatic heterocycles. The van der Waals surface area contributed by atoms with E-state index in [9.17, 15) is 9.59 Å². The quantitative estimate of drug-likeness (QED) is 0.743. The summed E-state index contributed by atoms with van der Waals surface area (Å²) < 4.78 is 6.48. The monoisotopic (exact) mass is 373 g/mol. The number of nitrogens with one attached hydrogen (secondary N) is 1. The van der Waals surface area contributed by atoms with Gasteiger partial charge in [-0.05, 0) is 60.5 Å². The summed E-state index contributed by atoms with van der Waals surface area (Å²) in [5.74, 6) is 0.392. The van der Waals surface area contributed by atoms with Gasteiger partial charge >= 0.3 is 0 Å². The number of hydrogen-bond acceptors (Lipinski definition) is 4. The van der Waals surface area contributed by atoms with Crippen molar-refractivity contribution in [2.24, 2.45) is 0 Å². The fourth-order valence-electron chi connectivity index (χ4n) is 2.83. The Hall–Kier alpha value is -3.85. The van der Waals surface area contributed by atoms with E-state index in [-0.39, 0.29) is 18.0 Å². The van der Waals surface area contributed by atoms with E-state index >= 15 is 0 Å². The van der Waals surface area contributed by atoms with E-state index in [0.29, 0.717) is 22.6 Å². The second kappa shape index (κ2) is 8.23. The van der Waals surface area contributed by atoms with Crippen molar-refractivity contribution >= 4 is 11.6 Å². The van der Waals surface area contributed by atoms with Gasteiger partial charge in [0.25, 0.3) is 5.56 Å². The molecule has 0 aliphatic rings. The molecular formula is C22H19N3O3. The summed E-state index contributed by atoms with van der Waals surface area (Å²) in [5.41, 5.74) is 3.18. The van der Waals surface area contributed by atoms with Gasteiger partial charge in [-0.1, -0.05) is 12.1 Å². The zero-order valence-electron chi connectivity index (χ0n) is 15.6. The highest BCUT2D eigenvalue weighted by molar-refractivity contribution is 5.90. The fourth-order valence-corrected chi connectivity index (χ4v) is 2.83. The molecule has 3 aromatic rings. The number of benzene rings is 2. The van der Waals surface area contributed by atoms with Crippen molar-refractivity contribution < 1.29 is 9.53 Å². The van der Waals surface area contributed by atoms with E-state index < -0.39 is 0 Å². The minimum absolute atomic E-state index is 0.101. The molecule has 0 fully saturated rings. The van der Waals surface area contributed by atoms with Crippen molar-refractivity contribution in [3.8, 4) is 22.9 Å². The predicted octanol–water partition coefficient (Wildman–Crippen LogP) is 3.34. The second-order valence-electron chi connectivity index (χ2n) is 6.31. The van der Waals surface area contributed by atoms with Gasteiger partial charge in [-0.2, -0.15) is 5.26 Å². The van der Waals surface area contributed by atoms with Crippen molar-refractivity contribution in [3.05, 3.63) is 82.3 Å². The third-order valence-corrected chi connectivity index (χ3v) is 4.30. The van der Waals surface area contributed by atoms with Gasteiger partial charge in [-0.15, -0.1) is 0 Å². The number of amides is 1. The molecule has 0 aliphatic carbocycles. The van der Waals surface area contributed by atoms with Gasteiger partial charge < -0.3 is 14.6 Å². The number of ether oxygens (including phenoxy) is 1. The van der Waals surface area contributed by atoms with E-state index in [0.717, 1.165) is 11.1 Å². The average Bonchev–Trinajstić information content (AvgIpc) is 2.72. The molecule has 28 heavy (non-hydrogen) atoms. The van der Waals surface area contributed by atoms with Crippen LogP contribution >= 0.6 is 0 Å². The van der Waals surface area contributed by atoms with Gasteiger partial charge in [0, 0.05) is 17.4 Å². The number of aryl methyl sites for hydroxylation is 1. The van der Waals surface area contributed by atoms with Crippen LogP contribution in [0.4, 0.5) is 5.69 Å². The van der Waals surface area contributed by atoms with Crippen molar-refractivity contribution in [1.29, 1.82) is 5.26 Å². The molecule has 0 saturated carbocycles. The van der Waals surface area contributed by atoms with Crippen molar-refractivity contribution in [2.75, 3.05) is 12.4 Å². The fraction of sp³-hybridized carbons (Fsp3) is 0.136. The maximum Gasteiger partial charge on any atom is 0.253 e. The van der Waals surface area contributed by atoms with E-state index in [4.69, 9.17) is 10.00 Å². The topological polar surface area (TPSA) is 84.1 Å². The predicted molar refractivity (Wildman–Crippen MR) is 107 cm³/mol. The Morgan fingerprint density at radius 3 is 2.39 bits per heavy atom. The van der Waals surface area contributed by atoms with E-state index in [1.165, 1.54) is 4.57 Å². The Labute approximate surface area is 162 Å². The van der Waals surface area contributed by atoms with Crippen LogP contribution in [0.25, 0.3) is 11.1 Å². The normalized spacial score (nSPS) is 10.2. The first-order valence-corrected chi connectivity index (χ1v) is 8.65. The Kier molecular flexibility index (Phi) is 5.56. The summed E-state index contributed by atoms with van der Waals surface area (Å²) in [6.07, 6.45) is 1.66. The number of aromatic nitrogens is 1. The van der Waals surface area contributed by atoms with Crippen LogP contribution in [-0.4, -0.2) is 17.6 Å². The maximum atomic E-state index is 12.4. The molecule has 0 bridgehead atoms. The van der Waals surface area contributed by atoms with Crippen molar-refractivity contribution in [2.45, 2.75) is 13.5 Å². The molecule has 0 spiro atoms. The number of hydrogen-bond donors (Lipinski definition) is 1. The first-order chi connectivity index (χ1) is 13.5. The number of anilines is 1. The molecule has 1 amide bonds. The van der Waals surface area contributed by atoms with E-state index in [1.807, 2.05) is 12.1 Å². The number of carbonyl (C=O) groups excluding carboxylic acids is 1. The number of carbonyl (C=O) groups is 1. The molecule has 1 heterocycles. The van der Waals surface area contributed by atoms with Gasteiger partial charge in [0.15, 0.2) is 0 Å². The molecule has 3 rings (SSSR count). The third kappa shape index (κ3) is 4.27. The van der Waals surface area contributed by atoms with E-state index in [1.54, 1.807) is 62.7 Å². The molecule has 0 saturated heterocycles. The second-order valence-corrected chi connectivity index (χ2v) is 6.31. The summed E-state index contributed by atoms with van der Waals surface area (Å²) in [7, 11) is 1.57. The minimum Gasteiger partial charge on any atom is -0.497 e. The smallest absolute Gasteiger partial charge is 0.253 e. The first kappa shape index (κ1) is 18.9. The first-order valence-electron chi connectivity index (χ1n) is 8.65. The zero-order valence-corrected chi connectivity index (χ0v) is 15.6. The summed E-state index contributed by atoms with van der Waals surface area (Å²) >= 11 is 0. The molecule has 140 valence electrons. The number of rotatable bonds is 5.